The van der Waals surface area contributed by atoms with Crippen LogP contribution in [-0.2, 0) is 30.8 Å². The molecular weight excluding hydrogens is 491 g/mol. The molecule has 4 aromatic rings. The predicted octanol–water partition coefficient (Wildman–Crippen LogP) is 5.73. The zero-order valence-corrected chi connectivity index (χ0v) is 22.8. The van der Waals surface area contributed by atoms with Crippen LogP contribution in [0.5, 0.6) is 5.75 Å². The van der Waals surface area contributed by atoms with E-state index in [0.29, 0.717) is 25.2 Å². The number of amides is 1. The van der Waals surface area contributed by atoms with Crippen LogP contribution in [0.15, 0.2) is 78.9 Å². The van der Waals surface area contributed by atoms with Crippen LogP contribution >= 0.6 is 0 Å². The summed E-state index contributed by atoms with van der Waals surface area (Å²) in [6, 6.07) is 24.7. The maximum Gasteiger partial charge on any atom is 0.230 e. The van der Waals surface area contributed by atoms with Gasteiger partial charge in [-0.1, -0.05) is 67.6 Å². The van der Waals surface area contributed by atoms with Gasteiger partial charge in [-0.25, -0.2) is 9.07 Å². The number of methoxy groups -OCH3 is 1. The van der Waals surface area contributed by atoms with Crippen LogP contribution < -0.4 is 4.74 Å². The van der Waals surface area contributed by atoms with Crippen molar-refractivity contribution in [1.82, 2.24) is 19.6 Å². The minimum atomic E-state index is -0.208. The molecular formula is C32H35FN4O2. The highest BCUT2D eigenvalue weighted by molar-refractivity contribution is 5.83. The maximum absolute atomic E-state index is 14.4. The normalized spacial score (nSPS) is 14.1. The summed E-state index contributed by atoms with van der Waals surface area (Å²) in [6.07, 6.45) is 1.48. The van der Waals surface area contributed by atoms with Crippen LogP contribution in [0.4, 0.5) is 4.39 Å². The summed E-state index contributed by atoms with van der Waals surface area (Å²) in [6.45, 7) is 4.36. The van der Waals surface area contributed by atoms with Gasteiger partial charge in [0, 0.05) is 44.2 Å². The summed E-state index contributed by atoms with van der Waals surface area (Å²) in [5.41, 5.74) is 5.63. The highest BCUT2D eigenvalue weighted by Crippen LogP contribution is 2.31. The molecule has 0 N–H and O–H groups in total. The summed E-state index contributed by atoms with van der Waals surface area (Å²) >= 11 is 0. The van der Waals surface area contributed by atoms with E-state index in [1.807, 2.05) is 85.4 Å². The highest BCUT2D eigenvalue weighted by atomic mass is 19.1. The van der Waals surface area contributed by atoms with Gasteiger partial charge in [-0.05, 0) is 30.2 Å². The number of carbonyl (C=O) groups is 1. The van der Waals surface area contributed by atoms with Crippen molar-refractivity contribution in [1.29, 1.82) is 0 Å². The third-order valence-corrected chi connectivity index (χ3v) is 7.56. The lowest BCUT2D eigenvalue weighted by molar-refractivity contribution is -0.132. The van der Waals surface area contributed by atoms with E-state index in [0.717, 1.165) is 53.3 Å². The molecule has 0 aliphatic carbocycles. The van der Waals surface area contributed by atoms with Crippen molar-refractivity contribution in [2.24, 2.45) is 0 Å². The number of ether oxygens (including phenoxy) is 1. The van der Waals surface area contributed by atoms with Crippen LogP contribution in [0.1, 0.15) is 47.3 Å². The summed E-state index contributed by atoms with van der Waals surface area (Å²) in [5, 5.41) is 5.05. The first-order chi connectivity index (χ1) is 19.0. The smallest absolute Gasteiger partial charge is 0.230 e. The largest absolute Gasteiger partial charge is 0.494 e. The molecule has 1 aliphatic rings. The Balaban J connectivity index is 1.47. The summed E-state index contributed by atoms with van der Waals surface area (Å²) in [4.78, 5) is 17.6. The molecule has 1 amide bonds. The monoisotopic (exact) mass is 526 g/mol. The Morgan fingerprint density at radius 1 is 1.05 bits per heavy atom. The molecule has 202 valence electrons. The Bertz CT molecular complexity index is 1440. The van der Waals surface area contributed by atoms with Crippen molar-refractivity contribution in [2.45, 2.75) is 45.3 Å². The fraction of sp³-hybridized carbons (Fsp3) is 0.312. The molecule has 5 rings (SSSR count). The second-order valence-electron chi connectivity index (χ2n) is 10.1. The maximum atomic E-state index is 14.4. The van der Waals surface area contributed by atoms with Gasteiger partial charge in [0.05, 0.1) is 31.0 Å². The Labute approximate surface area is 229 Å². The van der Waals surface area contributed by atoms with Gasteiger partial charge in [0.1, 0.15) is 17.3 Å². The van der Waals surface area contributed by atoms with E-state index in [1.165, 1.54) is 6.07 Å². The molecule has 1 atom stereocenters. The van der Waals surface area contributed by atoms with Crippen molar-refractivity contribution in [3.8, 4) is 11.4 Å². The quantitative estimate of drug-likeness (QED) is 0.280. The Hall–Kier alpha value is -3.97. The van der Waals surface area contributed by atoms with Crippen LogP contribution in [0.3, 0.4) is 0 Å². The summed E-state index contributed by atoms with van der Waals surface area (Å²) in [5.74, 6) is 0.414. The van der Waals surface area contributed by atoms with E-state index in [9.17, 15) is 9.18 Å². The average Bonchev–Trinajstić information content (AvgIpc) is 3.32. The number of para-hydroxylation sites is 2. The second kappa shape index (κ2) is 11.8. The van der Waals surface area contributed by atoms with E-state index in [1.54, 1.807) is 18.1 Å². The van der Waals surface area contributed by atoms with Gasteiger partial charge < -0.3 is 9.64 Å². The third kappa shape index (κ3) is 5.59. The lowest BCUT2D eigenvalue weighted by atomic mass is 9.95. The van der Waals surface area contributed by atoms with E-state index in [2.05, 4.69) is 4.90 Å². The lowest BCUT2D eigenvalue weighted by Crippen LogP contribution is -2.33. The number of benzene rings is 3. The Kier molecular flexibility index (Phi) is 8.07. The van der Waals surface area contributed by atoms with Gasteiger partial charge in [-0.2, -0.15) is 5.10 Å². The van der Waals surface area contributed by atoms with Crippen molar-refractivity contribution < 1.29 is 13.9 Å². The number of halogens is 1. The summed E-state index contributed by atoms with van der Waals surface area (Å²) < 4.78 is 22.1. The van der Waals surface area contributed by atoms with Gasteiger partial charge in [0.25, 0.3) is 0 Å². The van der Waals surface area contributed by atoms with Gasteiger partial charge in [-0.3, -0.25) is 9.69 Å². The topological polar surface area (TPSA) is 50.6 Å². The molecule has 39 heavy (non-hydrogen) atoms. The molecule has 6 nitrogen and oxygen atoms in total. The van der Waals surface area contributed by atoms with Gasteiger partial charge in [-0.15, -0.1) is 0 Å². The average molecular weight is 527 g/mol. The predicted molar refractivity (Wildman–Crippen MR) is 150 cm³/mol. The molecule has 7 heteroatoms. The Morgan fingerprint density at radius 2 is 1.77 bits per heavy atom. The number of carbonyl (C=O) groups excluding carboxylic acids is 1. The van der Waals surface area contributed by atoms with Crippen LogP contribution in [0, 0.1) is 5.82 Å². The van der Waals surface area contributed by atoms with Gasteiger partial charge in [0.2, 0.25) is 5.91 Å². The summed E-state index contributed by atoms with van der Waals surface area (Å²) in [7, 11) is 3.51. The van der Waals surface area contributed by atoms with Gasteiger partial charge >= 0.3 is 0 Å². The first-order valence-electron chi connectivity index (χ1n) is 13.5. The molecule has 0 saturated heterocycles. The number of aromatic nitrogens is 2. The molecule has 0 saturated carbocycles. The van der Waals surface area contributed by atoms with E-state index in [4.69, 9.17) is 9.84 Å². The molecule has 0 spiro atoms. The zero-order valence-electron chi connectivity index (χ0n) is 22.8. The van der Waals surface area contributed by atoms with Crippen molar-refractivity contribution in [3.05, 3.63) is 113 Å². The highest BCUT2D eigenvalue weighted by Gasteiger charge is 2.29. The minimum absolute atomic E-state index is 0.0725. The number of fused-ring (bicyclic) bond motifs is 1. The van der Waals surface area contributed by atoms with Crippen LogP contribution in [0.2, 0.25) is 0 Å². The van der Waals surface area contributed by atoms with E-state index in [-0.39, 0.29) is 17.6 Å². The standard InChI is InChI=1S/C32H35FN4O2/c1-4-25(23-12-6-5-7-13-23)32(38)35(2)22-28-26-21-36(20-24-14-8-9-15-27(24)33)19-18-29(26)37(34-28)30-16-10-11-17-31(30)39-3/h5-17,25H,4,18-22H2,1-3H3. The van der Waals surface area contributed by atoms with Crippen LogP contribution in [-0.4, -0.2) is 46.2 Å². The molecule has 1 unspecified atom stereocenters. The molecule has 0 radical (unpaired) electrons. The Morgan fingerprint density at radius 3 is 2.51 bits per heavy atom. The fourth-order valence-corrected chi connectivity index (χ4v) is 5.48. The number of nitrogens with zero attached hydrogens (tertiary/aromatic N) is 4. The molecule has 0 fully saturated rings. The van der Waals surface area contributed by atoms with E-state index < -0.39 is 0 Å². The SMILES string of the molecule is CCC(C(=O)N(C)Cc1nn(-c2ccccc2OC)c2c1CN(Cc1ccccc1F)CC2)c1ccccc1. The fourth-order valence-electron chi connectivity index (χ4n) is 5.48. The molecule has 3 aromatic carbocycles. The van der Waals surface area contributed by atoms with Crippen molar-refractivity contribution >= 4 is 5.91 Å². The number of hydrogen-bond donors (Lipinski definition) is 0. The van der Waals surface area contributed by atoms with Crippen molar-refractivity contribution in [3.63, 3.8) is 0 Å². The minimum Gasteiger partial charge on any atom is -0.494 e. The second-order valence-corrected chi connectivity index (χ2v) is 10.1. The van der Waals surface area contributed by atoms with E-state index >= 15 is 0 Å². The van der Waals surface area contributed by atoms with Gasteiger partial charge in [0.15, 0.2) is 0 Å². The molecule has 0 bridgehead atoms. The number of rotatable bonds is 9. The van der Waals surface area contributed by atoms with Crippen molar-refractivity contribution in [2.75, 3.05) is 20.7 Å². The number of hydrogen-bond acceptors (Lipinski definition) is 4. The molecule has 2 heterocycles. The van der Waals surface area contributed by atoms with Crippen LogP contribution in [0.25, 0.3) is 5.69 Å². The lowest BCUT2D eigenvalue weighted by Gasteiger charge is -2.29. The zero-order chi connectivity index (χ0) is 27.4. The first kappa shape index (κ1) is 26.6. The number of likely N-dealkylation sites (N-methyl/N-ethyl adjacent to an activating group) is 1. The first-order valence-corrected chi connectivity index (χ1v) is 13.5. The molecule has 1 aliphatic heterocycles. The molecule has 1 aromatic heterocycles. The third-order valence-electron chi connectivity index (χ3n) is 7.56.